The van der Waals surface area contributed by atoms with E-state index in [2.05, 4.69) is 61.6 Å². The Morgan fingerprint density at radius 3 is 2.82 bits per heavy atom. The van der Waals surface area contributed by atoms with Crippen molar-refractivity contribution in [2.24, 2.45) is 5.41 Å². The van der Waals surface area contributed by atoms with Crippen LogP contribution in [0.3, 0.4) is 0 Å². The molecule has 2 aromatic rings. The van der Waals surface area contributed by atoms with Crippen LogP contribution in [0.15, 0.2) is 10.9 Å². The quantitative estimate of drug-likeness (QED) is 0.454. The number of nitrogens with zero attached hydrogens (tertiary/aromatic N) is 5. The highest BCUT2D eigenvalue weighted by Crippen LogP contribution is 2.32. The zero-order valence-corrected chi connectivity index (χ0v) is 17.4. The van der Waals surface area contributed by atoms with Crippen LogP contribution in [0, 0.1) is 5.41 Å². The maximum atomic E-state index is 5.48. The largest absolute Gasteiger partial charge is 0.379 e. The molecule has 28 heavy (non-hydrogen) atoms. The normalized spacial score (nSPS) is 16.7. The minimum atomic E-state index is -0.240. The van der Waals surface area contributed by atoms with Gasteiger partial charge in [-0.25, -0.2) is 4.98 Å². The van der Waals surface area contributed by atoms with Crippen molar-refractivity contribution in [1.29, 1.82) is 0 Å². The second kappa shape index (κ2) is 9.39. The highest BCUT2D eigenvalue weighted by molar-refractivity contribution is 7.80. The van der Waals surface area contributed by atoms with Crippen molar-refractivity contribution >= 4 is 17.3 Å². The predicted octanol–water partition coefficient (Wildman–Crippen LogP) is 1.13. The van der Waals surface area contributed by atoms with Crippen LogP contribution in [0.25, 0.3) is 11.6 Å². The second-order valence-corrected chi connectivity index (χ2v) is 8.21. The molecule has 2 aromatic heterocycles. The van der Waals surface area contributed by atoms with Gasteiger partial charge in [-0.2, -0.15) is 10.1 Å². The molecule has 0 bridgehead atoms. The SMILES string of the molecule is CC(C)(C)C(NC(=S)NCCCN1CCOCC1)c1nc(-c2ncn[nH]2)no1. The van der Waals surface area contributed by atoms with Crippen molar-refractivity contribution in [3.8, 4) is 11.6 Å². The van der Waals surface area contributed by atoms with Crippen molar-refractivity contribution in [2.45, 2.75) is 33.2 Å². The van der Waals surface area contributed by atoms with Gasteiger partial charge in [0, 0.05) is 19.6 Å². The molecule has 11 heteroatoms. The van der Waals surface area contributed by atoms with Crippen LogP contribution in [0.5, 0.6) is 0 Å². The van der Waals surface area contributed by atoms with Crippen molar-refractivity contribution < 1.29 is 9.26 Å². The minimum absolute atomic E-state index is 0.190. The molecule has 0 radical (unpaired) electrons. The van der Waals surface area contributed by atoms with Gasteiger partial charge in [-0.15, -0.1) is 0 Å². The van der Waals surface area contributed by atoms with Gasteiger partial charge in [0.25, 0.3) is 0 Å². The van der Waals surface area contributed by atoms with E-state index in [1.807, 2.05) is 0 Å². The van der Waals surface area contributed by atoms with E-state index >= 15 is 0 Å². The van der Waals surface area contributed by atoms with Gasteiger partial charge in [-0.3, -0.25) is 10.00 Å². The fourth-order valence-electron chi connectivity index (χ4n) is 2.92. The number of rotatable bonds is 7. The van der Waals surface area contributed by atoms with Crippen molar-refractivity contribution in [1.82, 2.24) is 40.9 Å². The highest BCUT2D eigenvalue weighted by atomic mass is 32.1. The lowest BCUT2D eigenvalue weighted by molar-refractivity contribution is 0.0376. The number of hydrogen-bond donors (Lipinski definition) is 3. The first-order valence-corrected chi connectivity index (χ1v) is 9.88. The van der Waals surface area contributed by atoms with E-state index in [-0.39, 0.29) is 11.5 Å². The Kier molecular flexibility index (Phi) is 6.92. The maximum absolute atomic E-state index is 5.48. The van der Waals surface area contributed by atoms with Crippen LogP contribution in [0.2, 0.25) is 0 Å². The minimum Gasteiger partial charge on any atom is -0.379 e. The number of thiocarbonyl (C=S) groups is 1. The number of nitrogens with one attached hydrogen (secondary N) is 3. The average molecular weight is 409 g/mol. The number of aromatic amines is 1. The van der Waals surface area contributed by atoms with E-state index in [1.165, 1.54) is 6.33 Å². The fourth-order valence-corrected chi connectivity index (χ4v) is 3.14. The third kappa shape index (κ3) is 5.69. The molecule has 1 aliphatic rings. The lowest BCUT2D eigenvalue weighted by atomic mass is 9.86. The van der Waals surface area contributed by atoms with Crippen molar-refractivity contribution in [3.63, 3.8) is 0 Å². The van der Waals surface area contributed by atoms with Crippen LogP contribution >= 0.6 is 12.2 Å². The molecule has 3 N–H and O–H groups in total. The summed E-state index contributed by atoms with van der Waals surface area (Å²) in [4.78, 5) is 10.9. The number of ether oxygens (including phenoxy) is 1. The Labute approximate surface area is 169 Å². The molecular formula is C17H28N8O2S. The molecule has 10 nitrogen and oxygen atoms in total. The standard InChI is InChI=1S/C17H28N8O2S/c1-17(2,3)12(15-22-14(24-27-15)13-19-11-20-23-13)21-16(28)18-5-4-6-25-7-9-26-10-8-25/h11-12H,4-10H2,1-3H3,(H2,18,21,28)(H,19,20,23). The molecule has 0 spiro atoms. The first-order chi connectivity index (χ1) is 13.4. The summed E-state index contributed by atoms with van der Waals surface area (Å²) in [5.74, 6) is 1.29. The Morgan fingerprint density at radius 2 is 2.14 bits per heavy atom. The van der Waals surface area contributed by atoms with Gasteiger partial charge in [-0.1, -0.05) is 25.9 Å². The van der Waals surface area contributed by atoms with E-state index in [1.54, 1.807) is 0 Å². The van der Waals surface area contributed by atoms with Gasteiger partial charge in [-0.05, 0) is 30.6 Å². The Hall–Kier alpha value is -2.11. The molecule has 1 fully saturated rings. The summed E-state index contributed by atoms with van der Waals surface area (Å²) in [5, 5.41) is 17.7. The van der Waals surface area contributed by atoms with Crippen LogP contribution in [-0.2, 0) is 4.74 Å². The second-order valence-electron chi connectivity index (χ2n) is 7.80. The molecule has 0 aliphatic carbocycles. The summed E-state index contributed by atoms with van der Waals surface area (Å²) >= 11 is 5.48. The van der Waals surface area contributed by atoms with Crippen molar-refractivity contribution in [2.75, 3.05) is 39.4 Å². The molecule has 0 amide bonds. The molecule has 154 valence electrons. The predicted molar refractivity (Wildman–Crippen MR) is 107 cm³/mol. The number of aromatic nitrogens is 5. The molecule has 1 atom stereocenters. The highest BCUT2D eigenvalue weighted by Gasteiger charge is 2.32. The van der Waals surface area contributed by atoms with E-state index in [0.29, 0.717) is 22.7 Å². The molecular weight excluding hydrogens is 380 g/mol. The first kappa shape index (κ1) is 20.6. The smallest absolute Gasteiger partial charge is 0.250 e. The number of H-pyrrole nitrogens is 1. The topological polar surface area (TPSA) is 117 Å². The van der Waals surface area contributed by atoms with Crippen LogP contribution in [-0.4, -0.2) is 74.7 Å². The van der Waals surface area contributed by atoms with Crippen LogP contribution in [0.1, 0.15) is 39.1 Å². The van der Waals surface area contributed by atoms with E-state index in [0.717, 1.165) is 45.8 Å². The molecule has 0 saturated carbocycles. The third-order valence-electron chi connectivity index (χ3n) is 4.50. The van der Waals surface area contributed by atoms with Gasteiger partial charge in [0.05, 0.1) is 13.2 Å². The third-order valence-corrected chi connectivity index (χ3v) is 4.76. The van der Waals surface area contributed by atoms with E-state index < -0.39 is 0 Å². The Bertz CT molecular complexity index is 737. The summed E-state index contributed by atoms with van der Waals surface area (Å²) in [6, 6.07) is -0.240. The molecule has 1 saturated heterocycles. The lowest BCUT2D eigenvalue weighted by Gasteiger charge is -2.30. The molecule has 3 heterocycles. The van der Waals surface area contributed by atoms with Gasteiger partial charge < -0.3 is 19.9 Å². The summed E-state index contributed by atoms with van der Waals surface area (Å²) < 4.78 is 10.8. The summed E-state index contributed by atoms with van der Waals surface area (Å²) in [6.07, 6.45) is 2.42. The molecule has 3 rings (SSSR count). The number of hydrogen-bond acceptors (Lipinski definition) is 8. The van der Waals surface area contributed by atoms with Gasteiger partial charge in [0.2, 0.25) is 11.7 Å². The summed E-state index contributed by atoms with van der Waals surface area (Å²) in [6.45, 7) is 11.7. The van der Waals surface area contributed by atoms with Gasteiger partial charge in [0.1, 0.15) is 12.4 Å². The molecule has 1 aliphatic heterocycles. The van der Waals surface area contributed by atoms with Gasteiger partial charge in [0.15, 0.2) is 10.9 Å². The lowest BCUT2D eigenvalue weighted by Crippen LogP contribution is -2.43. The van der Waals surface area contributed by atoms with Gasteiger partial charge >= 0.3 is 0 Å². The average Bonchev–Trinajstić information content (AvgIpc) is 3.34. The first-order valence-electron chi connectivity index (χ1n) is 9.47. The Morgan fingerprint density at radius 1 is 1.36 bits per heavy atom. The van der Waals surface area contributed by atoms with E-state index in [9.17, 15) is 0 Å². The van der Waals surface area contributed by atoms with E-state index in [4.69, 9.17) is 21.5 Å². The summed E-state index contributed by atoms with van der Waals surface area (Å²) in [5.41, 5.74) is -0.190. The fraction of sp³-hybridized carbons (Fsp3) is 0.706. The van der Waals surface area contributed by atoms with Crippen LogP contribution < -0.4 is 10.6 Å². The monoisotopic (exact) mass is 408 g/mol. The molecule has 1 unspecified atom stereocenters. The number of morpholine rings is 1. The zero-order valence-electron chi connectivity index (χ0n) is 16.6. The molecule has 0 aromatic carbocycles. The van der Waals surface area contributed by atoms with Crippen molar-refractivity contribution in [3.05, 3.63) is 12.2 Å². The maximum Gasteiger partial charge on any atom is 0.250 e. The zero-order chi connectivity index (χ0) is 20.0. The Balaban J connectivity index is 1.52. The van der Waals surface area contributed by atoms with Crippen LogP contribution in [0.4, 0.5) is 0 Å². The summed E-state index contributed by atoms with van der Waals surface area (Å²) in [7, 11) is 0.